The fourth-order valence-corrected chi connectivity index (χ4v) is 1.78. The number of rotatable bonds is 4. The van der Waals surface area contributed by atoms with Crippen molar-refractivity contribution < 1.29 is 5.32 Å². The number of hydrogen-bond acceptors (Lipinski definition) is 2. The molecule has 0 bridgehead atoms. The van der Waals surface area contributed by atoms with E-state index in [0.717, 1.165) is 12.2 Å². The minimum absolute atomic E-state index is 0.503. The van der Waals surface area contributed by atoms with Crippen LogP contribution in [0.25, 0.3) is 0 Å². The van der Waals surface area contributed by atoms with Gasteiger partial charge < -0.3 is 35.1 Å². The van der Waals surface area contributed by atoms with Crippen LogP contribution in [-0.2, 0) is 12.6 Å². The van der Waals surface area contributed by atoms with Gasteiger partial charge in [-0.2, -0.15) is 0 Å². The van der Waals surface area contributed by atoms with Crippen molar-refractivity contribution in [3.63, 3.8) is 0 Å². The van der Waals surface area contributed by atoms with E-state index in [9.17, 15) is 0 Å². The number of nitrogens with zero attached hydrogens (tertiary/aromatic N) is 1. The van der Waals surface area contributed by atoms with Gasteiger partial charge in [-0.3, -0.25) is 0 Å². The lowest BCUT2D eigenvalue weighted by molar-refractivity contribution is -0.648. The van der Waals surface area contributed by atoms with Crippen LogP contribution in [0.15, 0.2) is 30.3 Å². The van der Waals surface area contributed by atoms with Crippen molar-refractivity contribution >= 4 is 34.9 Å². The average molecular weight is 270 g/mol. The molecule has 96 valence electrons. The Labute approximate surface area is 116 Å². The molecule has 0 radical (unpaired) electrons. The predicted octanol–water partition coefficient (Wildman–Crippen LogP) is 1.93. The Kier molecular flexibility index (Phi) is 10.0. The monoisotopic (exact) mass is 270 g/mol. The zero-order chi connectivity index (χ0) is 13.1. The first kappa shape index (κ1) is 16.3. The molecular formula is C13H22N2S2. The summed E-state index contributed by atoms with van der Waals surface area (Å²) < 4.78 is 0.503. The summed E-state index contributed by atoms with van der Waals surface area (Å²) in [4.78, 5) is 1.92. The molecule has 0 saturated carbocycles. The molecule has 4 heteroatoms. The van der Waals surface area contributed by atoms with Crippen LogP contribution < -0.4 is 10.2 Å². The highest BCUT2D eigenvalue weighted by Crippen LogP contribution is 2.12. The van der Waals surface area contributed by atoms with E-state index in [0.29, 0.717) is 4.32 Å². The maximum Gasteiger partial charge on any atom is 0.0726 e. The number of para-hydroxylation sites is 1. The molecule has 0 aliphatic carbocycles. The van der Waals surface area contributed by atoms with Crippen LogP contribution in [0, 0.1) is 0 Å². The highest BCUT2D eigenvalue weighted by Gasteiger charge is 1.98. The van der Waals surface area contributed by atoms with E-state index in [1.807, 2.05) is 42.2 Å². The summed E-state index contributed by atoms with van der Waals surface area (Å²) in [6.07, 6.45) is 0. The van der Waals surface area contributed by atoms with E-state index in [1.165, 1.54) is 13.1 Å². The normalized spacial score (nSPS) is 9.12. The van der Waals surface area contributed by atoms with Crippen molar-refractivity contribution in [2.45, 2.75) is 20.8 Å². The summed E-state index contributed by atoms with van der Waals surface area (Å²) in [5, 5.41) is 2.25. The molecule has 0 aromatic heterocycles. The zero-order valence-corrected chi connectivity index (χ0v) is 12.5. The summed E-state index contributed by atoms with van der Waals surface area (Å²) in [7, 11) is 0. The van der Waals surface area contributed by atoms with Gasteiger partial charge in [0, 0.05) is 12.2 Å². The lowest BCUT2D eigenvalue weighted by atomic mass is 10.3. The predicted molar refractivity (Wildman–Crippen MR) is 82.4 cm³/mol. The molecule has 0 fully saturated rings. The van der Waals surface area contributed by atoms with Gasteiger partial charge in [-0.15, -0.1) is 0 Å². The highest BCUT2D eigenvalue weighted by atomic mass is 32.1. The fourth-order valence-electron chi connectivity index (χ4n) is 1.31. The molecule has 2 N–H and O–H groups in total. The molecule has 0 amide bonds. The molecule has 0 aliphatic rings. The van der Waals surface area contributed by atoms with Crippen LogP contribution in [0.3, 0.4) is 0 Å². The molecule has 1 aromatic carbocycles. The molecule has 17 heavy (non-hydrogen) atoms. The number of benzene rings is 1. The quantitative estimate of drug-likeness (QED) is 0.667. The maximum absolute atomic E-state index is 4.94. The summed E-state index contributed by atoms with van der Waals surface area (Å²) >= 11 is 9.88. The van der Waals surface area contributed by atoms with Crippen molar-refractivity contribution in [1.29, 1.82) is 0 Å². The van der Waals surface area contributed by atoms with E-state index >= 15 is 0 Å². The van der Waals surface area contributed by atoms with Gasteiger partial charge in [-0.1, -0.05) is 22.5 Å². The third-order valence-corrected chi connectivity index (χ3v) is 2.62. The molecule has 2 nitrogen and oxygen atoms in total. The summed E-state index contributed by atoms with van der Waals surface area (Å²) in [6.45, 7) is 9.61. The second kappa shape index (κ2) is 10.4. The lowest BCUT2D eigenvalue weighted by Gasteiger charge is -2.26. The van der Waals surface area contributed by atoms with Crippen LogP contribution >= 0.6 is 12.2 Å². The number of nitrogens with two attached hydrogens (primary N) is 1. The second-order valence-electron chi connectivity index (χ2n) is 3.45. The largest absolute Gasteiger partial charge is 0.411 e. The molecule has 0 aliphatic heterocycles. The minimum atomic E-state index is 0.503. The van der Waals surface area contributed by atoms with E-state index in [-0.39, 0.29) is 0 Å². The zero-order valence-electron chi connectivity index (χ0n) is 10.8. The van der Waals surface area contributed by atoms with Crippen molar-refractivity contribution in [3.8, 4) is 0 Å². The van der Waals surface area contributed by atoms with Gasteiger partial charge in [-0.25, -0.2) is 0 Å². The van der Waals surface area contributed by atoms with E-state index < -0.39 is 0 Å². The third-order valence-electron chi connectivity index (χ3n) is 2.18. The SMILES string of the molecule is CCN(C(=S)[S-])c1ccccc1.CC[NH2+]CC. The Bertz CT molecular complexity index is 300. The number of hydrogen-bond donors (Lipinski definition) is 1. The van der Waals surface area contributed by atoms with E-state index in [1.54, 1.807) is 0 Å². The highest BCUT2D eigenvalue weighted by molar-refractivity contribution is 8.00. The average Bonchev–Trinajstić information content (AvgIpc) is 2.33. The van der Waals surface area contributed by atoms with Gasteiger partial charge in [0.05, 0.1) is 13.1 Å². The maximum atomic E-state index is 4.94. The Hall–Kier alpha value is -0.710. The van der Waals surface area contributed by atoms with Crippen LogP contribution in [-0.4, -0.2) is 24.0 Å². The van der Waals surface area contributed by atoms with Crippen molar-refractivity contribution in [1.82, 2.24) is 0 Å². The Morgan fingerprint density at radius 2 is 1.71 bits per heavy atom. The summed E-state index contributed by atoms with van der Waals surface area (Å²) in [6, 6.07) is 9.94. The standard InChI is InChI=1S/C9H11NS2.C4H11N/c1-2-10(9(11)12)8-6-4-3-5-7-8;1-3-5-4-2/h3-7H,2H2,1H3,(H,11,12);5H,3-4H2,1-2H3. The second-order valence-corrected chi connectivity index (χ2v) is 4.48. The van der Waals surface area contributed by atoms with Crippen LogP contribution in [0.1, 0.15) is 20.8 Å². The molecule has 1 rings (SSSR count). The molecule has 0 spiro atoms. The first-order valence-corrected chi connectivity index (χ1v) is 6.84. The first-order valence-electron chi connectivity index (χ1n) is 6.02. The van der Waals surface area contributed by atoms with Crippen LogP contribution in [0.4, 0.5) is 5.69 Å². The smallest absolute Gasteiger partial charge is 0.0726 e. The van der Waals surface area contributed by atoms with Crippen molar-refractivity contribution in [2.75, 3.05) is 24.5 Å². The molecule has 0 heterocycles. The molecular weight excluding hydrogens is 248 g/mol. The molecule has 0 unspecified atom stereocenters. The molecule has 0 atom stereocenters. The topological polar surface area (TPSA) is 19.9 Å². The Balaban J connectivity index is 0.000000437. The fraction of sp³-hybridized carbons (Fsp3) is 0.462. The van der Waals surface area contributed by atoms with E-state index in [2.05, 4.69) is 19.2 Å². The van der Waals surface area contributed by atoms with Crippen molar-refractivity contribution in [3.05, 3.63) is 30.3 Å². The van der Waals surface area contributed by atoms with Crippen molar-refractivity contribution in [2.24, 2.45) is 0 Å². The third kappa shape index (κ3) is 7.26. The van der Waals surface area contributed by atoms with Gasteiger partial charge in [0.2, 0.25) is 0 Å². The number of anilines is 1. The molecule has 0 saturated heterocycles. The van der Waals surface area contributed by atoms with Gasteiger partial charge in [0.1, 0.15) is 0 Å². The lowest BCUT2D eigenvalue weighted by Crippen LogP contribution is -2.82. The summed E-state index contributed by atoms with van der Waals surface area (Å²) in [5.74, 6) is 0. The molecule has 1 aromatic rings. The van der Waals surface area contributed by atoms with Gasteiger partial charge >= 0.3 is 0 Å². The number of quaternary nitrogens is 1. The first-order chi connectivity index (χ1) is 8.17. The van der Waals surface area contributed by atoms with Gasteiger partial charge in [0.25, 0.3) is 0 Å². The Morgan fingerprint density at radius 3 is 2.00 bits per heavy atom. The van der Waals surface area contributed by atoms with Gasteiger partial charge in [0.15, 0.2) is 0 Å². The minimum Gasteiger partial charge on any atom is -0.411 e. The van der Waals surface area contributed by atoms with Crippen LogP contribution in [0.2, 0.25) is 0 Å². The number of thiocarbonyl (C=S) groups is 1. The van der Waals surface area contributed by atoms with E-state index in [4.69, 9.17) is 24.8 Å². The Morgan fingerprint density at radius 1 is 1.18 bits per heavy atom. The van der Waals surface area contributed by atoms with Crippen LogP contribution in [0.5, 0.6) is 0 Å². The van der Waals surface area contributed by atoms with Gasteiger partial charge in [-0.05, 0) is 32.9 Å². The summed E-state index contributed by atoms with van der Waals surface area (Å²) in [5.41, 5.74) is 1.07.